The van der Waals surface area contributed by atoms with Gasteiger partial charge in [0.05, 0.1) is 29.9 Å². The molecule has 186 valence electrons. The lowest BCUT2D eigenvalue weighted by molar-refractivity contribution is 0.318. The van der Waals surface area contributed by atoms with Crippen LogP contribution in [0.1, 0.15) is 45.4 Å². The van der Waals surface area contributed by atoms with E-state index in [4.69, 9.17) is 4.52 Å². The monoisotopic (exact) mass is 511 g/mol. The lowest BCUT2D eigenvalue weighted by atomic mass is 9.92. The molecular weight excluding hydrogens is 479 g/mol. The van der Waals surface area contributed by atoms with Gasteiger partial charge in [-0.15, -0.1) is 0 Å². The molecule has 1 unspecified atom stereocenters. The third kappa shape index (κ3) is 5.38. The molecule has 0 spiro atoms. The Morgan fingerprint density at radius 3 is 2.56 bits per heavy atom. The Balaban J connectivity index is 2.12. The second-order valence-corrected chi connectivity index (χ2v) is 13.0. The fourth-order valence-corrected chi connectivity index (χ4v) is 5.99. The SMILES string of the molecule is C=Cc1c(O)c(C2=N[P+](O)(OCC)c3cc(NS(C)(=O)=O)ccc3N2)c(O)n1CCC(C)(C)C. The van der Waals surface area contributed by atoms with Crippen molar-refractivity contribution in [2.45, 2.75) is 40.7 Å². The molecule has 0 fully saturated rings. The minimum absolute atomic E-state index is 0.0110. The van der Waals surface area contributed by atoms with Gasteiger partial charge in [-0.2, -0.15) is 9.42 Å². The van der Waals surface area contributed by atoms with Crippen LogP contribution in [0, 0.1) is 5.41 Å². The molecule has 1 aromatic heterocycles. The molecule has 1 atom stereocenters. The lowest BCUT2D eigenvalue weighted by Gasteiger charge is -2.23. The van der Waals surface area contributed by atoms with Crippen molar-refractivity contribution in [1.29, 1.82) is 0 Å². The zero-order valence-corrected chi connectivity index (χ0v) is 21.7. The Kier molecular flexibility index (Phi) is 7.06. The number of amidine groups is 1. The van der Waals surface area contributed by atoms with Crippen LogP contribution in [0.4, 0.5) is 11.4 Å². The zero-order valence-electron chi connectivity index (χ0n) is 20.0. The van der Waals surface area contributed by atoms with Gasteiger partial charge in [-0.3, -0.25) is 4.72 Å². The highest BCUT2D eigenvalue weighted by Crippen LogP contribution is 2.60. The number of hydrogen-bond acceptors (Lipinski definition) is 8. The third-order valence-corrected chi connectivity index (χ3v) is 7.87. The average molecular weight is 512 g/mol. The highest BCUT2D eigenvalue weighted by atomic mass is 32.2. The fourth-order valence-electron chi connectivity index (χ4n) is 3.60. The number of fused-ring (bicyclic) bond motifs is 1. The molecule has 1 aromatic carbocycles. The van der Waals surface area contributed by atoms with Crippen LogP contribution < -0.4 is 15.3 Å². The van der Waals surface area contributed by atoms with Gasteiger partial charge in [-0.25, -0.2) is 8.42 Å². The zero-order chi connectivity index (χ0) is 25.5. The first-order valence-electron chi connectivity index (χ1n) is 10.7. The van der Waals surface area contributed by atoms with Gasteiger partial charge < -0.3 is 20.1 Å². The summed E-state index contributed by atoms with van der Waals surface area (Å²) in [5.41, 5.74) is 0.995. The summed E-state index contributed by atoms with van der Waals surface area (Å²) >= 11 is 0. The molecule has 34 heavy (non-hydrogen) atoms. The Hall–Kier alpha value is -2.59. The number of rotatable bonds is 8. The number of aromatic nitrogens is 1. The van der Waals surface area contributed by atoms with Crippen LogP contribution in [-0.4, -0.2) is 46.8 Å². The van der Waals surface area contributed by atoms with E-state index in [0.29, 0.717) is 17.9 Å². The second-order valence-electron chi connectivity index (χ2n) is 9.24. The predicted octanol–water partition coefficient (Wildman–Crippen LogP) is 3.64. The van der Waals surface area contributed by atoms with Crippen LogP contribution in [-0.2, 0) is 21.1 Å². The third-order valence-electron chi connectivity index (χ3n) is 5.18. The average Bonchev–Trinajstić information content (AvgIpc) is 2.94. The molecule has 0 saturated carbocycles. The molecular formula is C22H32N4O6PS+. The molecule has 5 N–H and O–H groups in total. The van der Waals surface area contributed by atoms with Crippen LogP contribution in [0.3, 0.4) is 0 Å². The Labute approximate surface area is 200 Å². The van der Waals surface area contributed by atoms with Gasteiger partial charge in [0.25, 0.3) is 0 Å². The summed E-state index contributed by atoms with van der Waals surface area (Å²) in [6.07, 6.45) is 3.20. The Morgan fingerprint density at radius 2 is 2.00 bits per heavy atom. The van der Waals surface area contributed by atoms with Gasteiger partial charge in [0.2, 0.25) is 21.2 Å². The van der Waals surface area contributed by atoms with Crippen molar-refractivity contribution in [1.82, 2.24) is 4.57 Å². The maximum atomic E-state index is 11.6. The molecule has 0 amide bonds. The van der Waals surface area contributed by atoms with E-state index in [1.54, 1.807) is 17.6 Å². The van der Waals surface area contributed by atoms with Crippen molar-refractivity contribution in [3.63, 3.8) is 0 Å². The van der Waals surface area contributed by atoms with Gasteiger partial charge in [0, 0.05) is 12.6 Å². The maximum absolute atomic E-state index is 11.6. The van der Waals surface area contributed by atoms with E-state index in [2.05, 4.69) is 42.2 Å². The summed E-state index contributed by atoms with van der Waals surface area (Å²) in [6.45, 7) is 12.2. The first-order valence-corrected chi connectivity index (χ1v) is 14.2. The topological polar surface area (TPSA) is 145 Å². The number of anilines is 2. The highest BCUT2D eigenvalue weighted by Gasteiger charge is 2.49. The molecule has 2 aromatic rings. The summed E-state index contributed by atoms with van der Waals surface area (Å²) < 4.78 is 37.2. The van der Waals surface area contributed by atoms with Crippen molar-refractivity contribution < 1.29 is 28.0 Å². The van der Waals surface area contributed by atoms with Crippen molar-refractivity contribution in [2.75, 3.05) is 22.9 Å². The molecule has 0 aliphatic carbocycles. The van der Waals surface area contributed by atoms with Crippen molar-refractivity contribution in [3.8, 4) is 11.6 Å². The molecule has 10 nitrogen and oxygen atoms in total. The quantitative estimate of drug-likeness (QED) is 0.340. The summed E-state index contributed by atoms with van der Waals surface area (Å²) in [5.74, 6) is -0.410. The van der Waals surface area contributed by atoms with E-state index in [-0.39, 0.29) is 46.0 Å². The molecule has 3 rings (SSSR count). The normalized spacial score (nSPS) is 18.1. The number of nitrogens with one attached hydrogen (secondary N) is 2. The van der Waals surface area contributed by atoms with E-state index in [9.17, 15) is 23.5 Å². The number of aromatic hydroxyl groups is 2. The smallest absolute Gasteiger partial charge is 0.432 e. The number of sulfonamides is 1. The molecule has 1 aliphatic rings. The van der Waals surface area contributed by atoms with E-state index in [1.165, 1.54) is 18.2 Å². The minimum Gasteiger partial charge on any atom is -0.505 e. The maximum Gasteiger partial charge on any atom is 0.432 e. The molecule has 2 heterocycles. The number of nitrogens with zero attached hydrogens (tertiary/aromatic N) is 2. The molecule has 0 bridgehead atoms. The summed E-state index contributed by atoms with van der Waals surface area (Å²) in [5, 5.41) is 25.3. The summed E-state index contributed by atoms with van der Waals surface area (Å²) in [6, 6.07) is 4.55. The van der Waals surface area contributed by atoms with Crippen molar-refractivity contribution in [3.05, 3.63) is 36.0 Å². The number of hydrogen-bond donors (Lipinski definition) is 5. The molecule has 0 radical (unpaired) electrons. The Morgan fingerprint density at radius 1 is 1.32 bits per heavy atom. The van der Waals surface area contributed by atoms with Crippen LogP contribution in [0.5, 0.6) is 11.6 Å². The van der Waals surface area contributed by atoms with Gasteiger partial charge in [0.1, 0.15) is 5.56 Å². The lowest BCUT2D eigenvalue weighted by Crippen LogP contribution is -2.28. The second kappa shape index (κ2) is 9.22. The van der Waals surface area contributed by atoms with E-state index < -0.39 is 17.9 Å². The standard InChI is InChI=1S/C22H31N4O6PS/c1-7-16-19(27)18(21(28)26(16)12-11-22(3,4)5)20-23-15-10-9-14(25-34(6,30)31)13-17(15)33(29,24-20)32-8-2/h7,9-10,13,25,29H,1,8,11-12H2,2-6H3,(H2-,23,24,27,28)/p+1. The number of benzene rings is 1. The summed E-state index contributed by atoms with van der Waals surface area (Å²) in [7, 11) is -7.16. The molecule has 1 aliphatic heterocycles. The molecule has 12 heteroatoms. The van der Waals surface area contributed by atoms with Gasteiger partial charge >= 0.3 is 7.87 Å². The fraction of sp³-hybridized carbons (Fsp3) is 0.409. The summed E-state index contributed by atoms with van der Waals surface area (Å²) in [4.78, 5) is 11.4. The van der Waals surface area contributed by atoms with Crippen LogP contribution in [0.25, 0.3) is 6.08 Å². The first kappa shape index (κ1) is 26.0. The van der Waals surface area contributed by atoms with Crippen LogP contribution in [0.2, 0.25) is 0 Å². The predicted molar refractivity (Wildman–Crippen MR) is 137 cm³/mol. The van der Waals surface area contributed by atoms with E-state index in [1.807, 2.05) is 0 Å². The molecule has 0 saturated heterocycles. The van der Waals surface area contributed by atoms with Gasteiger partial charge in [-0.05, 0) is 41.7 Å². The van der Waals surface area contributed by atoms with E-state index in [0.717, 1.165) is 12.7 Å². The van der Waals surface area contributed by atoms with Gasteiger partial charge in [0.15, 0.2) is 11.6 Å². The first-order chi connectivity index (χ1) is 15.7. The largest absolute Gasteiger partial charge is 0.505 e. The van der Waals surface area contributed by atoms with Crippen LogP contribution >= 0.6 is 7.87 Å². The van der Waals surface area contributed by atoms with Crippen LogP contribution in [0.15, 0.2) is 29.5 Å². The van der Waals surface area contributed by atoms with E-state index >= 15 is 0 Å². The van der Waals surface area contributed by atoms with Crippen molar-refractivity contribution >= 4 is 46.5 Å². The highest BCUT2D eigenvalue weighted by molar-refractivity contribution is 7.92. The van der Waals surface area contributed by atoms with Crippen molar-refractivity contribution in [2.24, 2.45) is 10.2 Å². The van der Waals surface area contributed by atoms with Gasteiger partial charge in [-0.1, -0.05) is 27.4 Å². The Bertz CT molecular complexity index is 1250. The minimum atomic E-state index is -3.63.